The van der Waals surface area contributed by atoms with E-state index < -0.39 is 10.0 Å². The van der Waals surface area contributed by atoms with E-state index in [1.54, 1.807) is 6.07 Å². The number of rotatable bonds is 4. The summed E-state index contributed by atoms with van der Waals surface area (Å²) < 4.78 is 27.9. The molecule has 1 saturated carbocycles. The Morgan fingerprint density at radius 3 is 2.63 bits per heavy atom. The van der Waals surface area contributed by atoms with Crippen molar-refractivity contribution in [1.82, 2.24) is 0 Å². The van der Waals surface area contributed by atoms with Gasteiger partial charge in [-0.3, -0.25) is 0 Å². The van der Waals surface area contributed by atoms with Crippen LogP contribution in [0, 0.1) is 0 Å². The quantitative estimate of drug-likeness (QED) is 0.752. The van der Waals surface area contributed by atoms with Crippen LogP contribution in [0.15, 0.2) is 23.1 Å². The summed E-state index contributed by atoms with van der Waals surface area (Å²) in [6.07, 6.45) is 2.79. The molecule has 2 unspecified atom stereocenters. The van der Waals surface area contributed by atoms with Crippen LogP contribution < -0.4 is 20.9 Å². The topological polar surface area (TPSA) is 107 Å². The summed E-state index contributed by atoms with van der Waals surface area (Å²) in [5.74, 6) is 0.591. The first-order valence-corrected chi connectivity index (χ1v) is 7.67. The molecule has 5 N–H and O–H groups in total. The highest BCUT2D eigenvalue weighted by Gasteiger charge is 2.23. The first-order valence-electron chi connectivity index (χ1n) is 6.13. The Morgan fingerprint density at radius 2 is 2.11 bits per heavy atom. The predicted molar refractivity (Wildman–Crippen MR) is 73.6 cm³/mol. The monoisotopic (exact) mass is 285 g/mol. The zero-order valence-electron chi connectivity index (χ0n) is 10.8. The Balaban J connectivity index is 2.26. The minimum absolute atomic E-state index is 0.0677. The standard InChI is InChI=1S/C12H19N3O3S/c1-18-12-5-4-10(19(14,16)17)7-11(12)15-9-3-2-8(13)6-9/h4-5,7-9,15H,2-3,6,13H2,1H3,(H2,14,16,17). The van der Waals surface area contributed by atoms with Gasteiger partial charge in [0.05, 0.1) is 17.7 Å². The molecule has 0 aliphatic heterocycles. The molecule has 0 radical (unpaired) electrons. The Hall–Kier alpha value is -1.31. The Morgan fingerprint density at radius 1 is 1.37 bits per heavy atom. The van der Waals surface area contributed by atoms with Crippen molar-refractivity contribution >= 4 is 15.7 Å². The van der Waals surface area contributed by atoms with Crippen LogP contribution in [-0.4, -0.2) is 27.6 Å². The van der Waals surface area contributed by atoms with Crippen molar-refractivity contribution in [3.05, 3.63) is 18.2 Å². The molecule has 106 valence electrons. The maximum atomic E-state index is 11.4. The number of anilines is 1. The van der Waals surface area contributed by atoms with E-state index >= 15 is 0 Å². The van der Waals surface area contributed by atoms with Gasteiger partial charge in [0.2, 0.25) is 10.0 Å². The van der Waals surface area contributed by atoms with E-state index in [1.807, 2.05) is 0 Å². The van der Waals surface area contributed by atoms with Crippen LogP contribution in [0.4, 0.5) is 5.69 Å². The Bertz CT molecular complexity index is 559. The second kappa shape index (κ2) is 5.36. The third kappa shape index (κ3) is 3.37. The Kier molecular flexibility index (Phi) is 3.98. The van der Waals surface area contributed by atoms with E-state index in [1.165, 1.54) is 19.2 Å². The molecule has 1 aliphatic carbocycles. The lowest BCUT2D eigenvalue weighted by molar-refractivity contribution is 0.415. The van der Waals surface area contributed by atoms with Gasteiger partial charge in [0, 0.05) is 12.1 Å². The summed E-state index contributed by atoms with van der Waals surface area (Å²) in [5.41, 5.74) is 6.49. The van der Waals surface area contributed by atoms with Gasteiger partial charge in [-0.15, -0.1) is 0 Å². The summed E-state index contributed by atoms with van der Waals surface area (Å²) in [5, 5.41) is 8.41. The summed E-state index contributed by atoms with van der Waals surface area (Å²) in [4.78, 5) is 0.0677. The van der Waals surface area contributed by atoms with Gasteiger partial charge in [-0.05, 0) is 37.5 Å². The van der Waals surface area contributed by atoms with E-state index in [9.17, 15) is 8.42 Å². The van der Waals surface area contributed by atoms with Crippen LogP contribution in [0.2, 0.25) is 0 Å². The van der Waals surface area contributed by atoms with Gasteiger partial charge in [0.15, 0.2) is 0 Å². The van der Waals surface area contributed by atoms with Crippen molar-refractivity contribution in [2.75, 3.05) is 12.4 Å². The molecule has 1 fully saturated rings. The number of nitrogens with one attached hydrogen (secondary N) is 1. The zero-order valence-corrected chi connectivity index (χ0v) is 11.6. The van der Waals surface area contributed by atoms with Crippen LogP contribution in [0.1, 0.15) is 19.3 Å². The van der Waals surface area contributed by atoms with Crippen LogP contribution in [0.3, 0.4) is 0 Å². The summed E-state index contributed by atoms with van der Waals surface area (Å²) >= 11 is 0. The molecule has 0 bridgehead atoms. The molecule has 2 rings (SSSR count). The second-order valence-corrected chi connectivity index (χ2v) is 6.38. The molecule has 1 aromatic carbocycles. The molecule has 6 nitrogen and oxygen atoms in total. The maximum Gasteiger partial charge on any atom is 0.238 e. The summed E-state index contributed by atoms with van der Waals surface area (Å²) in [6.45, 7) is 0. The molecular formula is C12H19N3O3S. The lowest BCUT2D eigenvalue weighted by Crippen LogP contribution is -2.21. The number of primary sulfonamides is 1. The fraction of sp³-hybridized carbons (Fsp3) is 0.500. The van der Waals surface area contributed by atoms with Crippen molar-refractivity contribution in [3.8, 4) is 5.75 Å². The van der Waals surface area contributed by atoms with E-state index in [2.05, 4.69) is 5.32 Å². The molecule has 7 heteroatoms. The van der Waals surface area contributed by atoms with Gasteiger partial charge in [0.25, 0.3) is 0 Å². The largest absolute Gasteiger partial charge is 0.495 e. The summed E-state index contributed by atoms with van der Waals surface area (Å²) in [7, 11) is -2.18. The van der Waals surface area contributed by atoms with Gasteiger partial charge in [0.1, 0.15) is 5.75 Å². The number of methoxy groups -OCH3 is 1. The van der Waals surface area contributed by atoms with E-state index in [4.69, 9.17) is 15.6 Å². The van der Waals surface area contributed by atoms with Crippen LogP contribution >= 0.6 is 0 Å². The SMILES string of the molecule is COc1ccc(S(N)(=O)=O)cc1NC1CCC(N)C1. The molecule has 0 heterocycles. The average Bonchev–Trinajstić information content (AvgIpc) is 2.73. The molecule has 0 amide bonds. The molecule has 19 heavy (non-hydrogen) atoms. The highest BCUT2D eigenvalue weighted by molar-refractivity contribution is 7.89. The van der Waals surface area contributed by atoms with Crippen LogP contribution in [0.25, 0.3) is 0 Å². The van der Waals surface area contributed by atoms with Gasteiger partial charge in [-0.1, -0.05) is 0 Å². The number of ether oxygens (including phenoxy) is 1. The van der Waals surface area contributed by atoms with Crippen LogP contribution in [-0.2, 0) is 10.0 Å². The summed E-state index contributed by atoms with van der Waals surface area (Å²) in [6, 6.07) is 4.96. The van der Waals surface area contributed by atoms with E-state index in [0.29, 0.717) is 11.4 Å². The maximum absolute atomic E-state index is 11.4. The van der Waals surface area contributed by atoms with E-state index in [-0.39, 0.29) is 17.0 Å². The van der Waals surface area contributed by atoms with Crippen molar-refractivity contribution in [2.45, 2.75) is 36.2 Å². The molecule has 0 aromatic heterocycles. The lowest BCUT2D eigenvalue weighted by Gasteiger charge is -2.17. The highest BCUT2D eigenvalue weighted by Crippen LogP contribution is 2.30. The third-order valence-corrected chi connectivity index (χ3v) is 4.24. The predicted octanol–water partition coefficient (Wildman–Crippen LogP) is 0.634. The molecular weight excluding hydrogens is 266 g/mol. The molecule has 0 saturated heterocycles. The number of nitrogens with two attached hydrogens (primary N) is 2. The van der Waals surface area contributed by atoms with Gasteiger partial charge >= 0.3 is 0 Å². The first kappa shape index (κ1) is 14.1. The average molecular weight is 285 g/mol. The molecule has 2 atom stereocenters. The number of benzene rings is 1. The first-order chi connectivity index (χ1) is 8.90. The number of hydrogen-bond acceptors (Lipinski definition) is 5. The van der Waals surface area contributed by atoms with E-state index in [0.717, 1.165) is 19.3 Å². The van der Waals surface area contributed by atoms with Crippen LogP contribution in [0.5, 0.6) is 5.75 Å². The van der Waals surface area contributed by atoms with Crippen molar-refractivity contribution < 1.29 is 13.2 Å². The lowest BCUT2D eigenvalue weighted by atomic mass is 10.2. The second-order valence-electron chi connectivity index (χ2n) is 4.82. The minimum atomic E-state index is -3.71. The minimum Gasteiger partial charge on any atom is -0.495 e. The van der Waals surface area contributed by atoms with Gasteiger partial charge in [-0.2, -0.15) is 0 Å². The normalized spacial score (nSPS) is 23.3. The van der Waals surface area contributed by atoms with Crippen molar-refractivity contribution in [2.24, 2.45) is 10.9 Å². The fourth-order valence-electron chi connectivity index (χ4n) is 2.34. The number of hydrogen-bond donors (Lipinski definition) is 3. The van der Waals surface area contributed by atoms with Crippen molar-refractivity contribution in [1.29, 1.82) is 0 Å². The smallest absolute Gasteiger partial charge is 0.238 e. The zero-order chi connectivity index (χ0) is 14.0. The van der Waals surface area contributed by atoms with Crippen molar-refractivity contribution in [3.63, 3.8) is 0 Å². The fourth-order valence-corrected chi connectivity index (χ4v) is 2.88. The third-order valence-electron chi connectivity index (χ3n) is 3.33. The Labute approximate surface area is 113 Å². The number of sulfonamides is 1. The highest BCUT2D eigenvalue weighted by atomic mass is 32.2. The van der Waals surface area contributed by atoms with Gasteiger partial charge in [-0.25, -0.2) is 13.6 Å². The molecule has 1 aliphatic rings. The molecule has 0 spiro atoms. The van der Waals surface area contributed by atoms with Gasteiger partial charge < -0.3 is 15.8 Å². The molecule has 1 aromatic rings.